The van der Waals surface area contributed by atoms with Crippen molar-refractivity contribution in [3.63, 3.8) is 0 Å². The minimum absolute atomic E-state index is 0.305. The maximum Gasteiger partial charge on any atom is 0.256 e. The van der Waals surface area contributed by atoms with Gasteiger partial charge < -0.3 is 5.21 Å². The molecular weight excluding hydrogens is 132 g/mol. The Hall–Kier alpha value is -0.870. The Morgan fingerprint density at radius 2 is 2.50 bits per heavy atom. The van der Waals surface area contributed by atoms with Crippen molar-refractivity contribution in [3.05, 3.63) is 17.9 Å². The number of nitrogens with one attached hydrogen (secondary N) is 1. The zero-order chi connectivity index (χ0) is 7.98. The molecule has 0 aromatic rings. The first kappa shape index (κ1) is 9.13. The Labute approximate surface area is 60.1 Å². The minimum atomic E-state index is -0.469. The van der Waals surface area contributed by atoms with Crippen LogP contribution in [0.2, 0.25) is 0 Å². The molecule has 1 amide bonds. The van der Waals surface area contributed by atoms with Gasteiger partial charge in [0.2, 0.25) is 0 Å². The van der Waals surface area contributed by atoms with Crippen LogP contribution in [-0.4, -0.2) is 17.6 Å². The first-order valence-electron chi connectivity index (χ1n) is 3.08. The van der Waals surface area contributed by atoms with Gasteiger partial charge in [0.15, 0.2) is 0 Å². The van der Waals surface area contributed by atoms with E-state index in [0.29, 0.717) is 18.1 Å². The van der Waals surface area contributed by atoms with Gasteiger partial charge in [-0.1, -0.05) is 13.5 Å². The van der Waals surface area contributed by atoms with Crippen LogP contribution in [0.3, 0.4) is 0 Å². The maximum absolute atomic E-state index is 10.5. The number of hydroxylamine groups is 1. The molecule has 0 atom stereocenters. The van der Waals surface area contributed by atoms with Crippen LogP contribution in [0.25, 0.3) is 0 Å². The highest BCUT2D eigenvalue weighted by atomic mass is 16.5. The zero-order valence-corrected chi connectivity index (χ0v) is 5.96. The second kappa shape index (κ2) is 4.96. The molecule has 0 fully saturated rings. The number of carbonyl (C=O) groups excluding carboxylic acids is 1. The third kappa shape index (κ3) is 4.05. The Morgan fingerprint density at radius 3 is 2.90 bits per heavy atom. The number of rotatable bonds is 4. The highest BCUT2D eigenvalue weighted by Crippen LogP contribution is 1.81. The molecule has 0 aromatic carbocycles. The van der Waals surface area contributed by atoms with E-state index in [1.807, 2.05) is 6.92 Å². The van der Waals surface area contributed by atoms with Gasteiger partial charge in [0.25, 0.3) is 5.91 Å². The molecule has 0 heterocycles. The lowest BCUT2D eigenvalue weighted by Crippen LogP contribution is -2.37. The topological polar surface area (TPSA) is 55.4 Å². The largest absolute Gasteiger partial charge is 0.767 e. The van der Waals surface area contributed by atoms with Crippen molar-refractivity contribution in [1.29, 1.82) is 0 Å². The second-order valence-electron chi connectivity index (χ2n) is 1.78. The van der Waals surface area contributed by atoms with E-state index in [1.165, 1.54) is 0 Å². The Bertz CT molecular complexity index is 125. The summed E-state index contributed by atoms with van der Waals surface area (Å²) in [6.45, 7) is 5.35. The van der Waals surface area contributed by atoms with Crippen molar-refractivity contribution in [2.24, 2.45) is 0 Å². The van der Waals surface area contributed by atoms with Crippen molar-refractivity contribution in [2.45, 2.75) is 13.3 Å². The van der Waals surface area contributed by atoms with E-state index in [1.54, 1.807) is 0 Å². The lowest BCUT2D eigenvalue weighted by atomic mass is 10.5. The molecule has 0 aromatic heterocycles. The summed E-state index contributed by atoms with van der Waals surface area (Å²) in [5, 5.41) is 11.0. The summed E-state index contributed by atoms with van der Waals surface area (Å²) in [6, 6.07) is 0. The molecular formula is C6H11N2O2-. The van der Waals surface area contributed by atoms with Gasteiger partial charge in [0.1, 0.15) is 0 Å². The molecule has 0 aliphatic rings. The number of hydrazine groups is 1. The number of amides is 1. The van der Waals surface area contributed by atoms with Crippen molar-refractivity contribution in [2.75, 3.05) is 6.54 Å². The van der Waals surface area contributed by atoms with Crippen LogP contribution in [0.5, 0.6) is 0 Å². The molecule has 10 heavy (non-hydrogen) atoms. The second-order valence-corrected chi connectivity index (χ2v) is 1.78. The lowest BCUT2D eigenvalue weighted by molar-refractivity contribution is -0.120. The van der Waals surface area contributed by atoms with Crippen LogP contribution < -0.4 is 5.43 Å². The fourth-order valence-electron chi connectivity index (χ4n) is 0.428. The third-order valence-electron chi connectivity index (χ3n) is 0.847. The van der Waals surface area contributed by atoms with E-state index in [4.69, 9.17) is 0 Å². The smallest absolute Gasteiger partial charge is 0.256 e. The summed E-state index contributed by atoms with van der Waals surface area (Å²) in [7, 11) is 0. The summed E-state index contributed by atoms with van der Waals surface area (Å²) in [4.78, 5) is 10.4. The van der Waals surface area contributed by atoms with Crippen molar-refractivity contribution in [3.8, 4) is 0 Å². The first-order chi connectivity index (χ1) is 4.70. The normalized spacial score (nSPS) is 9.50. The van der Waals surface area contributed by atoms with Crippen molar-refractivity contribution in [1.82, 2.24) is 10.6 Å². The predicted octanol–water partition coefficient (Wildman–Crippen LogP) is 0.413. The van der Waals surface area contributed by atoms with Gasteiger partial charge in [-0.05, 0) is 12.5 Å². The monoisotopic (exact) mass is 143 g/mol. The molecule has 0 unspecified atom stereocenters. The summed E-state index contributed by atoms with van der Waals surface area (Å²) in [5.74, 6) is -0.469. The zero-order valence-electron chi connectivity index (χ0n) is 5.96. The van der Waals surface area contributed by atoms with E-state index < -0.39 is 5.91 Å². The average molecular weight is 143 g/mol. The Balaban J connectivity index is 3.46. The number of carbonyl (C=O) groups is 1. The molecule has 0 aliphatic carbocycles. The van der Waals surface area contributed by atoms with E-state index in [9.17, 15) is 10.0 Å². The van der Waals surface area contributed by atoms with Gasteiger partial charge in [-0.2, -0.15) is 0 Å². The molecule has 0 radical (unpaired) electrons. The number of hydrogen-bond donors (Lipinski definition) is 1. The van der Waals surface area contributed by atoms with Crippen LogP contribution in [0.4, 0.5) is 0 Å². The van der Waals surface area contributed by atoms with E-state index in [2.05, 4.69) is 12.0 Å². The Morgan fingerprint density at radius 1 is 1.90 bits per heavy atom. The summed E-state index contributed by atoms with van der Waals surface area (Å²) in [5.41, 5.74) is 2.05. The quantitative estimate of drug-likeness (QED) is 0.458. The molecule has 0 aliphatic heterocycles. The van der Waals surface area contributed by atoms with Gasteiger partial charge in [0.05, 0.1) is 0 Å². The number of nitrogens with zero attached hydrogens (tertiary/aromatic N) is 1. The van der Waals surface area contributed by atoms with Crippen molar-refractivity contribution >= 4 is 5.91 Å². The molecule has 0 bridgehead atoms. The molecule has 58 valence electrons. The minimum Gasteiger partial charge on any atom is -0.767 e. The summed E-state index contributed by atoms with van der Waals surface area (Å²) in [6.07, 6.45) is 1.77. The van der Waals surface area contributed by atoms with E-state index >= 15 is 0 Å². The van der Waals surface area contributed by atoms with Gasteiger partial charge in [0, 0.05) is 6.54 Å². The van der Waals surface area contributed by atoms with Gasteiger partial charge in [-0.15, -0.1) is 0 Å². The molecule has 1 N–H and O–H groups in total. The molecule has 4 nitrogen and oxygen atoms in total. The summed E-state index contributed by atoms with van der Waals surface area (Å²) >= 11 is 0. The lowest BCUT2D eigenvalue weighted by Gasteiger charge is -2.26. The summed E-state index contributed by atoms with van der Waals surface area (Å²) < 4.78 is 0. The van der Waals surface area contributed by atoms with E-state index in [0.717, 1.165) is 6.08 Å². The standard InChI is InChI=1S/C6H11N2O2/c1-3-5-8(10)7-6(9)4-2/h4H,2-3,5H2,1H3,(H,7,9)/q-1. The number of hydrogen-bond acceptors (Lipinski definition) is 3. The van der Waals surface area contributed by atoms with Gasteiger partial charge >= 0.3 is 0 Å². The van der Waals surface area contributed by atoms with Crippen LogP contribution in [-0.2, 0) is 4.79 Å². The van der Waals surface area contributed by atoms with Crippen LogP contribution >= 0.6 is 0 Å². The fraction of sp³-hybridized carbons (Fsp3) is 0.500. The van der Waals surface area contributed by atoms with E-state index in [-0.39, 0.29) is 0 Å². The molecule has 0 saturated heterocycles. The van der Waals surface area contributed by atoms with Gasteiger partial charge in [-0.3, -0.25) is 15.4 Å². The SMILES string of the molecule is C=CC(=O)NN([O-])CCC. The Kier molecular flexibility index (Phi) is 4.53. The highest BCUT2D eigenvalue weighted by molar-refractivity contribution is 5.86. The van der Waals surface area contributed by atoms with Crippen LogP contribution in [0.15, 0.2) is 12.7 Å². The third-order valence-corrected chi connectivity index (χ3v) is 0.847. The molecule has 0 rings (SSSR count). The maximum atomic E-state index is 10.5. The first-order valence-corrected chi connectivity index (χ1v) is 3.08. The highest BCUT2D eigenvalue weighted by Gasteiger charge is 1.91. The van der Waals surface area contributed by atoms with Crippen LogP contribution in [0, 0.1) is 5.21 Å². The fourth-order valence-corrected chi connectivity index (χ4v) is 0.428. The predicted molar refractivity (Wildman–Crippen MR) is 38.7 cm³/mol. The van der Waals surface area contributed by atoms with Gasteiger partial charge in [-0.25, -0.2) is 0 Å². The van der Waals surface area contributed by atoms with Crippen LogP contribution in [0.1, 0.15) is 13.3 Å². The molecule has 4 heteroatoms. The molecule has 0 saturated carbocycles. The average Bonchev–Trinajstić information content (AvgIpc) is 1.88. The molecule has 0 spiro atoms. The van der Waals surface area contributed by atoms with Crippen molar-refractivity contribution < 1.29 is 4.79 Å².